The quantitative estimate of drug-likeness (QED) is 0.117. The summed E-state index contributed by atoms with van der Waals surface area (Å²) < 4.78 is 31.1. The Kier molecular flexibility index (Phi) is 15.9. The molecule has 2 aliphatic rings. The maximum atomic E-state index is 13.6. The van der Waals surface area contributed by atoms with Crippen LogP contribution in [0.25, 0.3) is 22.1 Å². The monoisotopic (exact) mass is 906 g/mol. The van der Waals surface area contributed by atoms with Crippen LogP contribution in [-0.4, -0.2) is 120 Å². The van der Waals surface area contributed by atoms with Gasteiger partial charge in [0.05, 0.1) is 60.0 Å². The van der Waals surface area contributed by atoms with Gasteiger partial charge in [0.15, 0.2) is 0 Å². The second kappa shape index (κ2) is 22.6. The summed E-state index contributed by atoms with van der Waals surface area (Å²) in [5.74, 6) is -0.401. The van der Waals surface area contributed by atoms with E-state index in [1.807, 2.05) is 45.5 Å². The Balaban J connectivity index is 0.000000179. The standard InChI is InChI=1S/2C27H29FN4O.H2O/c2*28-24-9-7-23(8-10-24)27(22-4-2-1-3-5-22)31-14-12-30(13-15-31)19-21-6-11-26-25(18-21)29-20-32(26)16-17-33;/h2*1-11,18,20,27,33H,12-17,19H2;1H2. The lowest BCUT2D eigenvalue weighted by Crippen LogP contribution is -2.47. The minimum absolute atomic E-state index is 0. The van der Waals surface area contributed by atoms with E-state index in [0.717, 1.165) is 98.6 Å². The molecular formula is C54H60F2N8O3. The number of nitrogens with zero attached hydrogens (tertiary/aromatic N) is 8. The first-order chi connectivity index (χ1) is 32.4. The normalized spacial score (nSPS) is 16.1. The summed E-state index contributed by atoms with van der Waals surface area (Å²) in [7, 11) is 0. The number of hydrogen-bond donors (Lipinski definition) is 2. The van der Waals surface area contributed by atoms with Gasteiger partial charge in [0.1, 0.15) is 11.6 Å². The number of benzene rings is 6. The summed E-state index contributed by atoms with van der Waals surface area (Å²) in [5, 5.41) is 18.4. The molecule has 2 fully saturated rings. The second-order valence-corrected chi connectivity index (χ2v) is 17.3. The van der Waals surface area contributed by atoms with Gasteiger partial charge in [-0.15, -0.1) is 0 Å². The van der Waals surface area contributed by atoms with Crippen LogP contribution in [0.3, 0.4) is 0 Å². The smallest absolute Gasteiger partial charge is 0.123 e. The fourth-order valence-electron chi connectivity index (χ4n) is 9.65. The number of fused-ring (bicyclic) bond motifs is 2. The van der Waals surface area contributed by atoms with E-state index in [4.69, 9.17) is 0 Å². The first-order valence-corrected chi connectivity index (χ1v) is 23.1. The third kappa shape index (κ3) is 11.5. The summed E-state index contributed by atoms with van der Waals surface area (Å²) in [6.07, 6.45) is 3.59. The number of imidazole rings is 2. The molecule has 2 saturated heterocycles. The average molecular weight is 907 g/mol. The van der Waals surface area contributed by atoms with Crippen LogP contribution in [0.15, 0.2) is 158 Å². The molecule has 13 heteroatoms. The van der Waals surface area contributed by atoms with Gasteiger partial charge in [-0.25, -0.2) is 18.7 Å². The van der Waals surface area contributed by atoms with E-state index in [1.165, 1.54) is 22.3 Å². The maximum absolute atomic E-state index is 13.6. The topological polar surface area (TPSA) is 121 Å². The van der Waals surface area contributed by atoms with Gasteiger partial charge in [-0.1, -0.05) is 97.1 Å². The fraction of sp³-hybridized carbons (Fsp3) is 0.296. The van der Waals surface area contributed by atoms with Crippen molar-refractivity contribution >= 4 is 22.1 Å². The van der Waals surface area contributed by atoms with Crippen LogP contribution in [0.2, 0.25) is 0 Å². The van der Waals surface area contributed by atoms with Crippen molar-refractivity contribution < 1.29 is 24.5 Å². The molecule has 0 aliphatic carbocycles. The highest BCUT2D eigenvalue weighted by Crippen LogP contribution is 2.32. The lowest BCUT2D eigenvalue weighted by atomic mass is 9.96. The zero-order valence-corrected chi connectivity index (χ0v) is 37.8. The number of halogens is 2. The molecule has 0 spiro atoms. The molecular weight excluding hydrogens is 847 g/mol. The van der Waals surface area contributed by atoms with E-state index in [0.29, 0.717) is 13.1 Å². The number of aliphatic hydroxyl groups excluding tert-OH is 2. The summed E-state index contributed by atoms with van der Waals surface area (Å²) in [5.41, 5.74) is 11.3. The van der Waals surface area contributed by atoms with E-state index >= 15 is 0 Å². The molecule has 0 bridgehead atoms. The number of aromatic nitrogens is 4. The van der Waals surface area contributed by atoms with Crippen LogP contribution in [0.4, 0.5) is 8.78 Å². The van der Waals surface area contributed by atoms with Crippen molar-refractivity contribution in [1.29, 1.82) is 0 Å². The molecule has 2 aromatic heterocycles. The van der Waals surface area contributed by atoms with Gasteiger partial charge in [-0.2, -0.15) is 0 Å². The molecule has 11 nitrogen and oxygen atoms in total. The highest BCUT2D eigenvalue weighted by atomic mass is 19.1. The lowest BCUT2D eigenvalue weighted by molar-refractivity contribution is 0.105. The minimum Gasteiger partial charge on any atom is -0.412 e. The molecule has 4 heterocycles. The van der Waals surface area contributed by atoms with Gasteiger partial charge in [-0.05, 0) is 81.9 Å². The van der Waals surface area contributed by atoms with Gasteiger partial charge >= 0.3 is 0 Å². The van der Waals surface area contributed by atoms with Crippen molar-refractivity contribution in [2.45, 2.75) is 38.3 Å². The summed E-state index contributed by atoms with van der Waals surface area (Å²) >= 11 is 0. The van der Waals surface area contributed by atoms with E-state index in [2.05, 4.69) is 114 Å². The Morgan fingerprint density at radius 3 is 1.16 bits per heavy atom. The molecule has 2 atom stereocenters. The number of rotatable bonds is 14. The summed E-state index contributed by atoms with van der Waals surface area (Å²) in [6, 6.07) is 47.9. The van der Waals surface area contributed by atoms with Crippen LogP contribution < -0.4 is 0 Å². The Morgan fingerprint density at radius 1 is 0.448 bits per heavy atom. The molecule has 0 amide bonds. The van der Waals surface area contributed by atoms with Crippen molar-refractivity contribution in [1.82, 2.24) is 38.7 Å². The molecule has 8 aromatic rings. The first-order valence-electron chi connectivity index (χ1n) is 23.1. The van der Waals surface area contributed by atoms with E-state index in [9.17, 15) is 19.0 Å². The second-order valence-electron chi connectivity index (χ2n) is 17.3. The third-order valence-corrected chi connectivity index (χ3v) is 13.0. The molecule has 0 radical (unpaired) electrons. The predicted molar refractivity (Wildman–Crippen MR) is 260 cm³/mol. The average Bonchev–Trinajstić information content (AvgIpc) is 3.95. The Hall–Kier alpha value is -6.16. The molecule has 10 rings (SSSR count). The van der Waals surface area contributed by atoms with Crippen LogP contribution in [0, 0.1) is 11.6 Å². The molecule has 2 aliphatic heterocycles. The van der Waals surface area contributed by atoms with Gasteiger partial charge in [-0.3, -0.25) is 19.6 Å². The van der Waals surface area contributed by atoms with Crippen molar-refractivity contribution in [2.24, 2.45) is 0 Å². The van der Waals surface area contributed by atoms with Crippen LogP contribution in [0.5, 0.6) is 0 Å². The lowest BCUT2D eigenvalue weighted by Gasteiger charge is -2.39. The van der Waals surface area contributed by atoms with Crippen LogP contribution >= 0.6 is 0 Å². The zero-order valence-electron chi connectivity index (χ0n) is 37.8. The SMILES string of the molecule is O.OCCn1cnc2cc(CN3CCN(C(c4ccccc4)c4ccc(F)cc4)CC3)ccc21.OCCn1cnc2cc(CN3CCN(C(c4ccccc4)c4ccc(F)cc4)CC3)ccc21. The van der Waals surface area contributed by atoms with Crippen molar-refractivity contribution in [3.63, 3.8) is 0 Å². The van der Waals surface area contributed by atoms with Crippen LogP contribution in [0.1, 0.15) is 45.5 Å². The van der Waals surface area contributed by atoms with Crippen molar-refractivity contribution in [3.05, 3.63) is 203 Å². The van der Waals surface area contributed by atoms with Crippen molar-refractivity contribution in [2.75, 3.05) is 65.6 Å². The van der Waals surface area contributed by atoms with Gasteiger partial charge in [0, 0.05) is 78.5 Å². The van der Waals surface area contributed by atoms with E-state index in [1.54, 1.807) is 36.9 Å². The molecule has 4 N–H and O–H groups in total. The Labute approximate surface area is 391 Å². The molecule has 2 unspecified atom stereocenters. The van der Waals surface area contributed by atoms with Crippen molar-refractivity contribution in [3.8, 4) is 0 Å². The third-order valence-electron chi connectivity index (χ3n) is 13.0. The van der Waals surface area contributed by atoms with E-state index < -0.39 is 0 Å². The van der Waals surface area contributed by atoms with Gasteiger partial charge in [0.25, 0.3) is 0 Å². The highest BCUT2D eigenvalue weighted by Gasteiger charge is 2.28. The van der Waals surface area contributed by atoms with Crippen LogP contribution in [-0.2, 0) is 26.2 Å². The maximum Gasteiger partial charge on any atom is 0.123 e. The number of aliphatic hydroxyl groups is 2. The molecule has 0 saturated carbocycles. The largest absolute Gasteiger partial charge is 0.412 e. The Morgan fingerprint density at radius 2 is 0.806 bits per heavy atom. The summed E-state index contributed by atoms with van der Waals surface area (Å²) in [6.45, 7) is 10.8. The zero-order chi connectivity index (χ0) is 45.2. The van der Waals surface area contributed by atoms with E-state index in [-0.39, 0.29) is 42.4 Å². The number of hydrogen-bond acceptors (Lipinski definition) is 8. The molecule has 6 aromatic carbocycles. The molecule has 348 valence electrons. The fourth-order valence-corrected chi connectivity index (χ4v) is 9.65. The first kappa shape index (κ1) is 47.3. The Bertz CT molecular complexity index is 2560. The minimum atomic E-state index is -0.200. The summed E-state index contributed by atoms with van der Waals surface area (Å²) in [4.78, 5) is 19.0. The molecule has 67 heavy (non-hydrogen) atoms. The highest BCUT2D eigenvalue weighted by molar-refractivity contribution is 5.76. The predicted octanol–water partition coefficient (Wildman–Crippen LogP) is 7.33. The van der Waals surface area contributed by atoms with Gasteiger partial charge in [0.2, 0.25) is 0 Å². The number of piperazine rings is 2. The van der Waals surface area contributed by atoms with Gasteiger partial charge < -0.3 is 24.8 Å².